The summed E-state index contributed by atoms with van der Waals surface area (Å²) in [6.45, 7) is -0.112. The number of rotatable bonds is 6. The lowest BCUT2D eigenvalue weighted by molar-refractivity contribution is -0.121. The maximum absolute atomic E-state index is 12.4. The molecule has 0 aliphatic heterocycles. The van der Waals surface area contributed by atoms with Gasteiger partial charge in [-0.15, -0.1) is 5.10 Å². The molecule has 1 aromatic heterocycles. The molecule has 3 aromatic rings. The molecule has 9 heteroatoms. The van der Waals surface area contributed by atoms with Crippen LogP contribution < -0.4 is 5.32 Å². The van der Waals surface area contributed by atoms with Crippen LogP contribution in [0.5, 0.6) is 5.75 Å². The number of hydrogen-bond donors (Lipinski definition) is 3. The minimum absolute atomic E-state index is 0.0729. The number of carbonyl (C=O) groups excluding carboxylic acids is 2. The largest absolute Gasteiger partial charge is 0.506 e. The van der Waals surface area contributed by atoms with Crippen LogP contribution in [0.4, 0.5) is 0 Å². The standard InChI is InChI=1S/C21H19ClN4O4/c22-17-4-3-14(8-18(17)29)21-24-19(26(11-27)25-21)9-20(30)23-10-12-1-2-13-6-16(28)7-15(13)5-12/h1-5,8,27,29H,6-7,9-11H2,(H,23,30). The van der Waals surface area contributed by atoms with Crippen molar-refractivity contribution >= 4 is 23.3 Å². The van der Waals surface area contributed by atoms with Crippen LogP contribution in [0.15, 0.2) is 36.4 Å². The maximum Gasteiger partial charge on any atom is 0.227 e. The molecule has 0 radical (unpaired) electrons. The summed E-state index contributed by atoms with van der Waals surface area (Å²) in [5.74, 6) is 0.379. The molecule has 2 aromatic carbocycles. The Morgan fingerprint density at radius 2 is 1.97 bits per heavy atom. The van der Waals surface area contributed by atoms with Gasteiger partial charge in [0, 0.05) is 24.9 Å². The summed E-state index contributed by atoms with van der Waals surface area (Å²) in [6.07, 6.45) is 0.850. The lowest BCUT2D eigenvalue weighted by atomic mass is 10.1. The minimum atomic E-state index is -0.436. The summed E-state index contributed by atoms with van der Waals surface area (Å²) >= 11 is 5.82. The topological polar surface area (TPSA) is 117 Å². The normalized spacial score (nSPS) is 12.8. The van der Waals surface area contributed by atoms with Crippen molar-refractivity contribution < 1.29 is 19.8 Å². The molecule has 4 rings (SSSR count). The number of aliphatic hydroxyl groups is 1. The van der Waals surface area contributed by atoms with Crippen LogP contribution in [-0.4, -0.2) is 36.7 Å². The van der Waals surface area contributed by atoms with Gasteiger partial charge in [0.1, 0.15) is 24.1 Å². The van der Waals surface area contributed by atoms with Gasteiger partial charge < -0.3 is 15.5 Å². The number of benzene rings is 2. The molecule has 0 saturated heterocycles. The number of aromatic hydroxyl groups is 1. The average Bonchev–Trinajstić information content (AvgIpc) is 3.30. The van der Waals surface area contributed by atoms with E-state index in [1.165, 1.54) is 16.8 Å². The lowest BCUT2D eigenvalue weighted by Crippen LogP contribution is -2.26. The van der Waals surface area contributed by atoms with Gasteiger partial charge in [0.15, 0.2) is 5.82 Å². The van der Waals surface area contributed by atoms with E-state index in [1.807, 2.05) is 18.2 Å². The van der Waals surface area contributed by atoms with Crippen LogP contribution in [-0.2, 0) is 42.1 Å². The van der Waals surface area contributed by atoms with Crippen molar-refractivity contribution in [1.82, 2.24) is 20.1 Å². The molecule has 0 atom stereocenters. The van der Waals surface area contributed by atoms with Crippen molar-refractivity contribution in [3.63, 3.8) is 0 Å². The maximum atomic E-state index is 12.4. The van der Waals surface area contributed by atoms with Gasteiger partial charge in [0.05, 0.1) is 11.4 Å². The molecule has 154 valence electrons. The Bertz CT molecular complexity index is 1140. The van der Waals surface area contributed by atoms with Gasteiger partial charge in [-0.1, -0.05) is 29.8 Å². The molecule has 0 spiro atoms. The molecule has 0 bridgehead atoms. The number of carbonyl (C=O) groups is 2. The lowest BCUT2D eigenvalue weighted by Gasteiger charge is -2.07. The molecular weight excluding hydrogens is 408 g/mol. The zero-order valence-corrected chi connectivity index (χ0v) is 16.7. The van der Waals surface area contributed by atoms with E-state index in [0.29, 0.717) is 30.8 Å². The molecule has 0 unspecified atom stereocenters. The second-order valence-electron chi connectivity index (χ2n) is 7.11. The van der Waals surface area contributed by atoms with E-state index in [9.17, 15) is 19.8 Å². The number of ketones is 1. The molecule has 1 heterocycles. The molecule has 0 fully saturated rings. The van der Waals surface area contributed by atoms with Crippen molar-refractivity contribution in [2.24, 2.45) is 0 Å². The zero-order chi connectivity index (χ0) is 21.3. The number of aliphatic hydroxyl groups excluding tert-OH is 1. The Morgan fingerprint density at radius 3 is 2.73 bits per heavy atom. The summed E-state index contributed by atoms with van der Waals surface area (Å²) in [7, 11) is 0. The first-order valence-corrected chi connectivity index (χ1v) is 9.73. The van der Waals surface area contributed by atoms with Gasteiger partial charge in [-0.25, -0.2) is 9.67 Å². The predicted octanol–water partition coefficient (Wildman–Crippen LogP) is 1.78. The first-order chi connectivity index (χ1) is 14.4. The van der Waals surface area contributed by atoms with Crippen LogP contribution in [0.1, 0.15) is 22.5 Å². The van der Waals surface area contributed by atoms with Crippen LogP contribution >= 0.6 is 11.6 Å². The first-order valence-electron chi connectivity index (χ1n) is 9.35. The number of hydrogen-bond acceptors (Lipinski definition) is 6. The van der Waals surface area contributed by atoms with Crippen molar-refractivity contribution in [3.05, 3.63) is 63.9 Å². The van der Waals surface area contributed by atoms with E-state index >= 15 is 0 Å². The highest BCUT2D eigenvalue weighted by Crippen LogP contribution is 2.28. The number of aromatic nitrogens is 3. The van der Waals surface area contributed by atoms with E-state index in [0.717, 1.165) is 16.7 Å². The van der Waals surface area contributed by atoms with Gasteiger partial charge in [0.2, 0.25) is 5.91 Å². The number of nitrogens with one attached hydrogen (secondary N) is 1. The Kier molecular flexibility index (Phi) is 5.52. The van der Waals surface area contributed by atoms with Crippen LogP contribution in [0, 0.1) is 0 Å². The van der Waals surface area contributed by atoms with Crippen molar-refractivity contribution in [1.29, 1.82) is 0 Å². The summed E-state index contributed by atoms with van der Waals surface area (Å²) in [4.78, 5) is 28.3. The fourth-order valence-electron chi connectivity index (χ4n) is 3.41. The SMILES string of the molecule is O=C1Cc2ccc(CNC(=O)Cc3nc(-c4ccc(Cl)c(O)c4)nn3CO)cc2C1. The molecule has 30 heavy (non-hydrogen) atoms. The highest BCUT2D eigenvalue weighted by Gasteiger charge is 2.19. The van der Waals surface area contributed by atoms with E-state index in [1.54, 1.807) is 6.07 Å². The Balaban J connectivity index is 1.43. The van der Waals surface area contributed by atoms with Crippen molar-refractivity contribution in [2.75, 3.05) is 0 Å². The van der Waals surface area contributed by atoms with E-state index in [-0.39, 0.29) is 34.7 Å². The van der Waals surface area contributed by atoms with E-state index in [2.05, 4.69) is 15.4 Å². The number of halogens is 1. The number of phenols is 1. The third-order valence-corrected chi connectivity index (χ3v) is 5.26. The van der Waals surface area contributed by atoms with Crippen molar-refractivity contribution in [3.8, 4) is 17.1 Å². The predicted molar refractivity (Wildman–Crippen MR) is 109 cm³/mol. The fourth-order valence-corrected chi connectivity index (χ4v) is 3.53. The number of amides is 1. The zero-order valence-electron chi connectivity index (χ0n) is 15.9. The Labute approximate surface area is 177 Å². The van der Waals surface area contributed by atoms with E-state index in [4.69, 9.17) is 11.6 Å². The summed E-state index contributed by atoms with van der Waals surface area (Å²) < 4.78 is 1.22. The summed E-state index contributed by atoms with van der Waals surface area (Å²) in [5, 5.41) is 26.5. The summed E-state index contributed by atoms with van der Waals surface area (Å²) in [6, 6.07) is 10.4. The average molecular weight is 427 g/mol. The van der Waals surface area contributed by atoms with E-state index < -0.39 is 6.73 Å². The van der Waals surface area contributed by atoms with Crippen LogP contribution in [0.25, 0.3) is 11.4 Å². The molecular formula is C21H19ClN4O4. The number of fused-ring (bicyclic) bond motifs is 1. The molecule has 3 N–H and O–H groups in total. The quantitative estimate of drug-likeness (QED) is 0.553. The van der Waals surface area contributed by atoms with Crippen LogP contribution in [0.2, 0.25) is 5.02 Å². The summed E-state index contributed by atoms with van der Waals surface area (Å²) in [5.41, 5.74) is 3.49. The molecule has 1 aliphatic carbocycles. The van der Waals surface area contributed by atoms with Gasteiger partial charge in [-0.3, -0.25) is 9.59 Å². The third kappa shape index (κ3) is 4.19. The van der Waals surface area contributed by atoms with Crippen LogP contribution in [0.3, 0.4) is 0 Å². The van der Waals surface area contributed by atoms with Gasteiger partial charge >= 0.3 is 0 Å². The second kappa shape index (κ2) is 8.25. The number of phenolic OH excluding ortho intramolecular Hbond substituents is 1. The Morgan fingerprint density at radius 1 is 1.17 bits per heavy atom. The van der Waals surface area contributed by atoms with Gasteiger partial charge in [0.25, 0.3) is 0 Å². The monoisotopic (exact) mass is 426 g/mol. The molecule has 1 aliphatic rings. The second-order valence-corrected chi connectivity index (χ2v) is 7.51. The minimum Gasteiger partial charge on any atom is -0.506 e. The van der Waals surface area contributed by atoms with Gasteiger partial charge in [-0.2, -0.15) is 0 Å². The molecule has 8 nitrogen and oxygen atoms in total. The molecule has 0 saturated carbocycles. The first kappa shape index (κ1) is 20.1. The number of Topliss-reactive ketones (excluding diaryl/α,β-unsaturated/α-hetero) is 1. The Hall–Kier alpha value is -3.23. The highest BCUT2D eigenvalue weighted by molar-refractivity contribution is 6.32. The number of nitrogens with zero attached hydrogens (tertiary/aromatic N) is 3. The third-order valence-electron chi connectivity index (χ3n) is 4.94. The van der Waals surface area contributed by atoms with Crippen molar-refractivity contribution in [2.45, 2.75) is 32.5 Å². The smallest absolute Gasteiger partial charge is 0.227 e. The van der Waals surface area contributed by atoms with Gasteiger partial charge in [-0.05, 0) is 34.9 Å². The highest BCUT2D eigenvalue weighted by atomic mass is 35.5. The fraction of sp³-hybridized carbons (Fsp3) is 0.238. The molecule has 1 amide bonds.